The number of Topliss-reactive ketones (excluding diaryl/α,β-unsaturated/α-hetero) is 1. The summed E-state index contributed by atoms with van der Waals surface area (Å²) in [7, 11) is 3.29. The minimum atomic E-state index is -5.19. The predicted molar refractivity (Wildman–Crippen MR) is 163 cm³/mol. The second-order valence-corrected chi connectivity index (χ2v) is 10.7. The number of carbonyl (C=O) groups excluding carboxylic acids is 3. The maximum atomic E-state index is 13.4. The Morgan fingerprint density at radius 2 is 1.74 bits per heavy atom. The number of aromatic nitrogens is 3. The van der Waals surface area contributed by atoms with Gasteiger partial charge in [0, 0.05) is 29.4 Å². The smallest absolute Gasteiger partial charge is 0.430 e. The van der Waals surface area contributed by atoms with Crippen LogP contribution >= 0.6 is 0 Å². The van der Waals surface area contributed by atoms with Gasteiger partial charge in [-0.05, 0) is 55.7 Å². The third-order valence-electron chi connectivity index (χ3n) is 7.46. The molecule has 0 saturated heterocycles. The Balaban J connectivity index is 0.000000738. The monoisotopic (exact) mass is 644 g/mol. The number of aliphatic carboxylic acids is 1. The molecule has 0 spiro atoms. The standard InChI is InChI=1S/C31H38N4O4.C2HF3O2/c1-5-21(36)11-7-6-8-13-27(31-32-19-28(35-31)23-12-9-10-14-29(23)39-4)34-30(37)18-24-20(2)33-26-16-15-22(38-3)17-25(24)26;3-2(4,5)1(6)7/h9-10,12,14-17,19,27,33H,5-8,11,13,18H2,1-4H3,(H,32,35)(H,34,37);(H,6,7). The Kier molecular flexibility index (Phi) is 12.8. The van der Waals surface area contributed by atoms with Crippen molar-refractivity contribution in [3.8, 4) is 22.8 Å². The van der Waals surface area contributed by atoms with Gasteiger partial charge in [-0.3, -0.25) is 9.59 Å². The highest BCUT2D eigenvalue weighted by Gasteiger charge is 2.29. The van der Waals surface area contributed by atoms with Crippen LogP contribution in [0.3, 0.4) is 0 Å². The molecule has 0 radical (unpaired) electrons. The summed E-state index contributed by atoms with van der Waals surface area (Å²) in [5.41, 5.74) is 4.73. The van der Waals surface area contributed by atoms with E-state index in [0.29, 0.717) is 18.6 Å². The van der Waals surface area contributed by atoms with Crippen molar-refractivity contribution in [3.63, 3.8) is 0 Å². The quantitative estimate of drug-likeness (QED) is 0.166. The number of H-pyrrole nitrogens is 3. The molecule has 2 aromatic heterocycles. The van der Waals surface area contributed by atoms with Crippen LogP contribution in [0.2, 0.25) is 0 Å². The van der Waals surface area contributed by atoms with E-state index in [9.17, 15) is 22.8 Å². The van der Waals surface area contributed by atoms with Gasteiger partial charge >= 0.3 is 6.18 Å². The van der Waals surface area contributed by atoms with E-state index in [-0.39, 0.29) is 18.4 Å². The summed E-state index contributed by atoms with van der Waals surface area (Å²) in [6.45, 7) is 3.89. The Morgan fingerprint density at radius 3 is 2.39 bits per heavy atom. The van der Waals surface area contributed by atoms with Crippen molar-refractivity contribution in [2.45, 2.75) is 71.0 Å². The van der Waals surface area contributed by atoms with Crippen LogP contribution in [0.4, 0.5) is 13.2 Å². The van der Waals surface area contributed by atoms with Crippen molar-refractivity contribution < 1.29 is 47.1 Å². The molecule has 0 fully saturated rings. The number of hydrogen-bond acceptors (Lipinski definition) is 6. The zero-order valence-electron chi connectivity index (χ0n) is 26.2. The Hall–Kier alpha value is -4.81. The highest BCUT2D eigenvalue weighted by molar-refractivity contribution is 5.91. The van der Waals surface area contributed by atoms with Gasteiger partial charge in [-0.2, -0.15) is 13.2 Å². The first-order valence-corrected chi connectivity index (χ1v) is 14.9. The second-order valence-electron chi connectivity index (χ2n) is 10.7. The van der Waals surface area contributed by atoms with Crippen molar-refractivity contribution in [1.82, 2.24) is 15.3 Å². The SMILES string of the molecule is CCC(=O)CCCCCC(NC(=O)Cc1c(C)[nH]c2ccc(OC)cc12)c1[nH]c(-c2ccccc2OC)c[nH+]1.O=C([O-])C(F)(F)F. The lowest BCUT2D eigenvalue weighted by Gasteiger charge is -2.14. The molecule has 46 heavy (non-hydrogen) atoms. The Morgan fingerprint density at radius 1 is 1.02 bits per heavy atom. The number of aryl methyl sites for hydroxylation is 1. The molecule has 0 bridgehead atoms. The molecule has 10 nitrogen and oxygen atoms in total. The summed E-state index contributed by atoms with van der Waals surface area (Å²) in [5.74, 6) is -0.420. The molecule has 248 valence electrons. The molecule has 4 aromatic rings. The van der Waals surface area contributed by atoms with E-state index in [4.69, 9.17) is 19.4 Å². The van der Waals surface area contributed by atoms with Crippen LogP contribution in [-0.2, 0) is 20.8 Å². The van der Waals surface area contributed by atoms with Gasteiger partial charge in [-0.25, -0.2) is 9.97 Å². The minimum absolute atomic E-state index is 0.0603. The third-order valence-corrected chi connectivity index (χ3v) is 7.46. The van der Waals surface area contributed by atoms with E-state index in [1.807, 2.05) is 62.5 Å². The molecule has 2 heterocycles. The van der Waals surface area contributed by atoms with Crippen LogP contribution in [0, 0.1) is 6.92 Å². The highest BCUT2D eigenvalue weighted by atomic mass is 19.4. The molecule has 1 atom stereocenters. The van der Waals surface area contributed by atoms with E-state index in [2.05, 4.69) is 20.3 Å². The summed E-state index contributed by atoms with van der Waals surface area (Å²) >= 11 is 0. The molecule has 1 unspecified atom stereocenters. The normalized spacial score (nSPS) is 11.8. The number of fused-ring (bicyclic) bond motifs is 1. The van der Waals surface area contributed by atoms with Crippen LogP contribution in [0.15, 0.2) is 48.7 Å². The summed E-state index contributed by atoms with van der Waals surface area (Å²) in [6.07, 6.45) is 1.59. The van der Waals surface area contributed by atoms with Crippen LogP contribution in [0.1, 0.15) is 68.6 Å². The Bertz CT molecular complexity index is 1630. The van der Waals surface area contributed by atoms with Crippen molar-refractivity contribution in [2.24, 2.45) is 0 Å². The molecule has 0 aliphatic heterocycles. The predicted octanol–water partition coefficient (Wildman–Crippen LogP) is 4.93. The fourth-order valence-corrected chi connectivity index (χ4v) is 5.00. The zero-order chi connectivity index (χ0) is 33.9. The van der Waals surface area contributed by atoms with Crippen LogP contribution in [-0.4, -0.2) is 48.0 Å². The van der Waals surface area contributed by atoms with Crippen molar-refractivity contribution in [2.75, 3.05) is 14.2 Å². The molecular weight excluding hydrogens is 605 g/mol. The number of carboxylic acid groups (broad SMARTS) is 1. The number of unbranched alkanes of at least 4 members (excludes halogenated alkanes) is 2. The van der Waals surface area contributed by atoms with Gasteiger partial charge in [0.25, 0.3) is 5.82 Å². The van der Waals surface area contributed by atoms with Crippen molar-refractivity contribution >= 4 is 28.6 Å². The Labute approximate surface area is 264 Å². The number of carbonyl (C=O) groups is 3. The molecule has 1 amide bonds. The highest BCUT2D eigenvalue weighted by Crippen LogP contribution is 2.30. The fraction of sp³-hybridized carbons (Fsp3) is 0.394. The molecule has 13 heteroatoms. The molecular formula is C33H39F3N4O6. The van der Waals surface area contributed by atoms with E-state index >= 15 is 0 Å². The van der Waals surface area contributed by atoms with Gasteiger partial charge in [0.1, 0.15) is 35.5 Å². The average molecular weight is 645 g/mol. The van der Waals surface area contributed by atoms with Crippen LogP contribution < -0.4 is 24.9 Å². The van der Waals surface area contributed by atoms with Gasteiger partial charge in [-0.1, -0.05) is 31.9 Å². The molecule has 4 rings (SSSR count). The number of imidazole rings is 1. The lowest BCUT2D eigenvalue weighted by atomic mass is 10.0. The number of amides is 1. The number of methoxy groups -OCH3 is 2. The zero-order valence-corrected chi connectivity index (χ0v) is 26.2. The number of ether oxygens (including phenoxy) is 2. The average Bonchev–Trinajstić information content (AvgIpc) is 3.64. The topological polar surface area (TPSA) is 150 Å². The summed E-state index contributed by atoms with van der Waals surface area (Å²) in [6, 6.07) is 13.4. The number of nitrogens with one attached hydrogen (secondary N) is 4. The number of carboxylic acids is 1. The number of ketones is 1. The number of alkyl halides is 3. The number of benzene rings is 2. The van der Waals surface area contributed by atoms with Crippen molar-refractivity contribution in [3.05, 3.63) is 65.7 Å². The first kappa shape index (κ1) is 35.7. The van der Waals surface area contributed by atoms with Crippen LogP contribution in [0.25, 0.3) is 22.2 Å². The number of halogens is 3. The molecule has 4 N–H and O–H groups in total. The maximum Gasteiger partial charge on any atom is 0.430 e. The number of rotatable bonds is 14. The van der Waals surface area contributed by atoms with E-state index < -0.39 is 12.1 Å². The molecule has 0 aliphatic carbocycles. The minimum Gasteiger partial charge on any atom is -0.542 e. The van der Waals surface area contributed by atoms with Crippen LogP contribution in [0.5, 0.6) is 11.5 Å². The largest absolute Gasteiger partial charge is 0.542 e. The molecule has 0 saturated carbocycles. The number of aromatic amines is 3. The maximum absolute atomic E-state index is 13.4. The van der Waals surface area contributed by atoms with E-state index in [1.165, 1.54) is 0 Å². The second kappa shape index (κ2) is 16.5. The van der Waals surface area contributed by atoms with Gasteiger partial charge in [0.05, 0.1) is 26.2 Å². The van der Waals surface area contributed by atoms with Gasteiger partial charge in [0.2, 0.25) is 5.91 Å². The molecule has 0 aliphatic rings. The number of hydrogen-bond donors (Lipinski definition) is 3. The van der Waals surface area contributed by atoms with E-state index in [1.54, 1.807) is 14.2 Å². The first-order valence-electron chi connectivity index (χ1n) is 14.9. The number of para-hydroxylation sites is 1. The summed E-state index contributed by atoms with van der Waals surface area (Å²) in [4.78, 5) is 44.0. The lowest BCUT2D eigenvalue weighted by molar-refractivity contribution is -0.391. The van der Waals surface area contributed by atoms with E-state index in [0.717, 1.165) is 76.4 Å². The fourth-order valence-electron chi connectivity index (χ4n) is 5.00. The summed E-state index contributed by atoms with van der Waals surface area (Å²) < 4.78 is 42.5. The van der Waals surface area contributed by atoms with Gasteiger partial charge < -0.3 is 29.7 Å². The third kappa shape index (κ3) is 9.85. The molecule has 2 aromatic carbocycles. The lowest BCUT2D eigenvalue weighted by Crippen LogP contribution is -2.37. The summed E-state index contributed by atoms with van der Waals surface area (Å²) in [5, 5.41) is 13.0. The first-order chi connectivity index (χ1) is 21.9. The van der Waals surface area contributed by atoms with Gasteiger partial charge in [0.15, 0.2) is 5.69 Å². The van der Waals surface area contributed by atoms with Crippen molar-refractivity contribution in [1.29, 1.82) is 0 Å². The van der Waals surface area contributed by atoms with Gasteiger partial charge in [-0.15, -0.1) is 0 Å².